The molecule has 0 saturated heterocycles. The number of anilines is 1. The Balaban J connectivity index is 1.84. The van der Waals surface area contributed by atoms with Crippen molar-refractivity contribution in [2.45, 2.75) is 25.1 Å². The molecule has 1 heterocycles. The van der Waals surface area contributed by atoms with Crippen LogP contribution in [0.3, 0.4) is 0 Å². The zero-order valence-electron chi connectivity index (χ0n) is 14.7. The second-order valence-electron chi connectivity index (χ2n) is 6.60. The molecule has 1 atom stereocenters. The first-order valence-electron chi connectivity index (χ1n) is 8.28. The Morgan fingerprint density at radius 3 is 2.35 bits per heavy atom. The van der Waals surface area contributed by atoms with E-state index in [1.807, 2.05) is 19.1 Å². The number of sulfonamides is 2. The van der Waals surface area contributed by atoms with Crippen LogP contribution in [-0.4, -0.2) is 29.6 Å². The van der Waals surface area contributed by atoms with Crippen molar-refractivity contribution >= 4 is 25.7 Å². The summed E-state index contributed by atoms with van der Waals surface area (Å²) in [5.74, 6) is -0.109. The third kappa shape index (κ3) is 4.25. The van der Waals surface area contributed by atoms with Crippen LogP contribution in [0.4, 0.5) is 5.69 Å². The molecule has 0 bridgehead atoms. The molecule has 8 heteroatoms. The number of nitrogens with one attached hydrogen (secondary N) is 1. The molecule has 26 heavy (non-hydrogen) atoms. The molecule has 0 spiro atoms. The van der Waals surface area contributed by atoms with Crippen LogP contribution < -0.4 is 9.03 Å². The SMILES string of the molecule is Cc1ccc(CS(=O)(=O)NC2CCN(S(C)(=O)=O)c3ccccc32)cc1. The second-order valence-corrected chi connectivity index (χ2v) is 10.3. The van der Waals surface area contributed by atoms with E-state index in [9.17, 15) is 16.8 Å². The maximum Gasteiger partial charge on any atom is 0.232 e. The van der Waals surface area contributed by atoms with Crippen molar-refractivity contribution < 1.29 is 16.8 Å². The molecule has 6 nitrogen and oxygen atoms in total. The fraction of sp³-hybridized carbons (Fsp3) is 0.333. The summed E-state index contributed by atoms with van der Waals surface area (Å²) in [4.78, 5) is 0. The minimum absolute atomic E-state index is 0.109. The van der Waals surface area contributed by atoms with Crippen LogP contribution in [-0.2, 0) is 25.8 Å². The summed E-state index contributed by atoms with van der Waals surface area (Å²) in [5, 5.41) is 0. The average Bonchev–Trinajstić information content (AvgIpc) is 2.55. The molecule has 3 rings (SSSR count). The van der Waals surface area contributed by atoms with Gasteiger partial charge in [-0.25, -0.2) is 21.6 Å². The van der Waals surface area contributed by atoms with Crippen LogP contribution in [0.15, 0.2) is 48.5 Å². The van der Waals surface area contributed by atoms with E-state index < -0.39 is 26.1 Å². The van der Waals surface area contributed by atoms with E-state index in [1.165, 1.54) is 4.31 Å². The normalized spacial score (nSPS) is 17.8. The van der Waals surface area contributed by atoms with Gasteiger partial charge in [0.2, 0.25) is 20.0 Å². The Kier molecular flexibility index (Phi) is 5.09. The molecule has 140 valence electrons. The minimum atomic E-state index is -3.56. The van der Waals surface area contributed by atoms with Gasteiger partial charge in [-0.2, -0.15) is 0 Å². The van der Waals surface area contributed by atoms with Crippen LogP contribution in [0, 0.1) is 6.92 Å². The van der Waals surface area contributed by atoms with Gasteiger partial charge in [0.05, 0.1) is 23.7 Å². The van der Waals surface area contributed by atoms with Crippen LogP contribution in [0.2, 0.25) is 0 Å². The molecule has 1 aliphatic rings. The van der Waals surface area contributed by atoms with E-state index in [2.05, 4.69) is 4.72 Å². The van der Waals surface area contributed by atoms with E-state index in [0.29, 0.717) is 23.2 Å². The number of para-hydroxylation sites is 1. The van der Waals surface area contributed by atoms with Gasteiger partial charge in [0.1, 0.15) is 0 Å². The predicted octanol–water partition coefficient (Wildman–Crippen LogP) is 2.33. The molecule has 0 aromatic heterocycles. The monoisotopic (exact) mass is 394 g/mol. The Morgan fingerprint density at radius 2 is 1.69 bits per heavy atom. The van der Waals surface area contributed by atoms with Crippen molar-refractivity contribution in [3.8, 4) is 0 Å². The summed E-state index contributed by atoms with van der Waals surface area (Å²) in [6.45, 7) is 2.19. The minimum Gasteiger partial charge on any atom is -0.270 e. The number of benzene rings is 2. The Morgan fingerprint density at radius 1 is 1.04 bits per heavy atom. The highest BCUT2D eigenvalue weighted by atomic mass is 32.2. The lowest BCUT2D eigenvalue weighted by atomic mass is 9.99. The molecule has 2 aromatic rings. The molecule has 0 aliphatic carbocycles. The molecule has 2 aromatic carbocycles. The Hall–Kier alpha value is -1.90. The zero-order chi connectivity index (χ0) is 18.9. The van der Waals surface area contributed by atoms with E-state index in [1.54, 1.807) is 36.4 Å². The van der Waals surface area contributed by atoms with Crippen molar-refractivity contribution in [3.63, 3.8) is 0 Å². The molecule has 1 aliphatic heterocycles. The first-order valence-corrected chi connectivity index (χ1v) is 11.8. The number of fused-ring (bicyclic) bond motifs is 1. The maximum atomic E-state index is 12.6. The van der Waals surface area contributed by atoms with E-state index >= 15 is 0 Å². The summed E-state index contributed by atoms with van der Waals surface area (Å²) in [6, 6.07) is 13.9. The summed E-state index contributed by atoms with van der Waals surface area (Å²) in [5.41, 5.74) is 2.99. The zero-order valence-corrected chi connectivity index (χ0v) is 16.3. The molecule has 0 amide bonds. The molecule has 0 radical (unpaired) electrons. The highest BCUT2D eigenvalue weighted by Gasteiger charge is 2.31. The number of hydrogen-bond acceptors (Lipinski definition) is 4. The van der Waals surface area contributed by atoms with Crippen LogP contribution >= 0.6 is 0 Å². The van der Waals surface area contributed by atoms with E-state index in [-0.39, 0.29) is 12.3 Å². The molecule has 0 fully saturated rings. The topological polar surface area (TPSA) is 83.6 Å². The van der Waals surface area contributed by atoms with Gasteiger partial charge in [-0.3, -0.25) is 4.31 Å². The van der Waals surface area contributed by atoms with Gasteiger partial charge in [0.15, 0.2) is 0 Å². The van der Waals surface area contributed by atoms with Gasteiger partial charge in [-0.1, -0.05) is 48.0 Å². The standard InChI is InChI=1S/C18H22N2O4S2/c1-14-7-9-15(10-8-14)13-26(23,24)19-17-11-12-20(25(2,21)22)18-6-4-3-5-16(17)18/h3-10,17,19H,11-13H2,1-2H3. The quantitative estimate of drug-likeness (QED) is 0.844. The molecular weight excluding hydrogens is 372 g/mol. The van der Waals surface area contributed by atoms with Gasteiger partial charge in [-0.05, 0) is 30.5 Å². The summed E-state index contributed by atoms with van der Waals surface area (Å²) >= 11 is 0. The highest BCUT2D eigenvalue weighted by Crippen LogP contribution is 2.35. The lowest BCUT2D eigenvalue weighted by Gasteiger charge is -2.34. The van der Waals surface area contributed by atoms with Crippen molar-refractivity contribution in [1.29, 1.82) is 0 Å². The lowest BCUT2D eigenvalue weighted by Crippen LogP contribution is -2.40. The van der Waals surface area contributed by atoms with Crippen molar-refractivity contribution in [1.82, 2.24) is 4.72 Å². The number of rotatable bonds is 5. The third-order valence-electron chi connectivity index (χ3n) is 4.40. The number of hydrogen-bond donors (Lipinski definition) is 1. The lowest BCUT2D eigenvalue weighted by molar-refractivity contribution is 0.530. The van der Waals surface area contributed by atoms with E-state index in [4.69, 9.17) is 0 Å². The smallest absolute Gasteiger partial charge is 0.232 e. The Bertz CT molecular complexity index is 1000. The van der Waals surface area contributed by atoms with Gasteiger partial charge in [0.25, 0.3) is 0 Å². The van der Waals surface area contributed by atoms with Crippen LogP contribution in [0.5, 0.6) is 0 Å². The molecular formula is C18H22N2O4S2. The second kappa shape index (κ2) is 7.02. The summed E-state index contributed by atoms with van der Waals surface area (Å²) < 4.78 is 53.3. The predicted molar refractivity (Wildman–Crippen MR) is 103 cm³/mol. The van der Waals surface area contributed by atoms with Crippen molar-refractivity contribution in [2.24, 2.45) is 0 Å². The average molecular weight is 395 g/mol. The van der Waals surface area contributed by atoms with Gasteiger partial charge in [-0.15, -0.1) is 0 Å². The molecule has 1 unspecified atom stereocenters. The van der Waals surface area contributed by atoms with Crippen LogP contribution in [0.1, 0.15) is 29.2 Å². The van der Waals surface area contributed by atoms with Gasteiger partial charge >= 0.3 is 0 Å². The fourth-order valence-corrected chi connectivity index (χ4v) is 5.51. The first kappa shape index (κ1) is 18.9. The van der Waals surface area contributed by atoms with Gasteiger partial charge < -0.3 is 0 Å². The largest absolute Gasteiger partial charge is 0.270 e. The van der Waals surface area contributed by atoms with Crippen molar-refractivity contribution in [3.05, 3.63) is 65.2 Å². The molecule has 0 saturated carbocycles. The van der Waals surface area contributed by atoms with Crippen molar-refractivity contribution in [2.75, 3.05) is 17.1 Å². The summed E-state index contributed by atoms with van der Waals surface area (Å²) in [6.07, 6.45) is 1.54. The number of nitrogens with zero attached hydrogens (tertiary/aromatic N) is 1. The third-order valence-corrected chi connectivity index (χ3v) is 6.94. The van der Waals surface area contributed by atoms with E-state index in [0.717, 1.165) is 11.8 Å². The summed E-state index contributed by atoms with van der Waals surface area (Å²) in [7, 11) is -6.96. The maximum absolute atomic E-state index is 12.6. The Labute approximate surface area is 155 Å². The fourth-order valence-electron chi connectivity index (χ4n) is 3.16. The van der Waals surface area contributed by atoms with Crippen LogP contribution in [0.25, 0.3) is 0 Å². The first-order chi connectivity index (χ1) is 12.2. The molecule has 1 N–H and O–H groups in total. The van der Waals surface area contributed by atoms with Gasteiger partial charge in [0, 0.05) is 6.54 Å². The highest BCUT2D eigenvalue weighted by molar-refractivity contribution is 7.92. The number of aryl methyl sites for hydroxylation is 1.